The van der Waals surface area contributed by atoms with Crippen molar-refractivity contribution in [2.45, 2.75) is 6.18 Å². The fourth-order valence-electron chi connectivity index (χ4n) is 11.0. The van der Waals surface area contributed by atoms with Crippen molar-refractivity contribution >= 4 is 87.2 Å². The Balaban J connectivity index is 1.00. The van der Waals surface area contributed by atoms with Gasteiger partial charge >= 0.3 is 6.18 Å². The number of nitrogens with zero attached hydrogens (tertiary/aromatic N) is 5. The third kappa shape index (κ3) is 5.48. The minimum Gasteiger partial charge on any atom is -0.309 e. The van der Waals surface area contributed by atoms with E-state index < -0.39 is 11.7 Å². The molecule has 8 heteroatoms. The molecule has 0 N–H and O–H groups in total. The van der Waals surface area contributed by atoms with Gasteiger partial charge in [-0.25, -0.2) is 0 Å². The predicted octanol–water partition coefficient (Wildman–Crippen LogP) is 16.2. The second-order valence-corrected chi connectivity index (χ2v) is 17.5. The van der Waals surface area contributed by atoms with Gasteiger partial charge in [0.15, 0.2) is 0 Å². The van der Waals surface area contributed by atoms with Crippen LogP contribution in [0.5, 0.6) is 0 Å². The predicted molar refractivity (Wildman–Crippen MR) is 272 cm³/mol. The van der Waals surface area contributed by atoms with Crippen molar-refractivity contribution in [3.8, 4) is 33.9 Å². The lowest BCUT2D eigenvalue weighted by atomic mass is 9.99. The van der Waals surface area contributed by atoms with Crippen molar-refractivity contribution in [3.05, 3.63) is 224 Å². The van der Waals surface area contributed by atoms with Crippen LogP contribution >= 0.6 is 0 Å². The minimum atomic E-state index is -4.59. The summed E-state index contributed by atoms with van der Waals surface area (Å²) in [7, 11) is 0. The molecular weight excluding hydrogens is 848 g/mol. The van der Waals surface area contributed by atoms with Crippen molar-refractivity contribution < 1.29 is 13.2 Å². The molecule has 0 aliphatic heterocycles. The molecule has 0 saturated carbocycles. The van der Waals surface area contributed by atoms with E-state index in [2.05, 4.69) is 175 Å². The molecule has 0 spiro atoms. The normalized spacial score (nSPS) is 12.3. The first-order chi connectivity index (χ1) is 33.4. The van der Waals surface area contributed by atoms with Gasteiger partial charge < -0.3 is 18.3 Å². The van der Waals surface area contributed by atoms with E-state index in [1.165, 1.54) is 33.7 Å². The summed E-state index contributed by atoms with van der Waals surface area (Å²) in [6.07, 6.45) is -1.15. The Kier molecular flexibility index (Phi) is 8.08. The number of hydrogen-bond acceptors (Lipinski definition) is 1. The first-order valence-electron chi connectivity index (χ1n) is 22.6. The van der Waals surface area contributed by atoms with Crippen molar-refractivity contribution in [1.82, 2.24) is 23.3 Å². The first kappa shape index (κ1) is 38.4. The smallest absolute Gasteiger partial charge is 0.309 e. The summed E-state index contributed by atoms with van der Waals surface area (Å²) in [6, 6.07) is 69.0. The van der Waals surface area contributed by atoms with Crippen LogP contribution in [0.2, 0.25) is 0 Å². The molecule has 0 aliphatic rings. The Morgan fingerprint density at radius 3 is 1.10 bits per heavy atom. The van der Waals surface area contributed by atoms with Crippen molar-refractivity contribution in [1.29, 1.82) is 0 Å². The zero-order chi connectivity index (χ0) is 45.3. The Labute approximate surface area is 386 Å². The van der Waals surface area contributed by atoms with Crippen LogP contribution in [0, 0.1) is 0 Å². The van der Waals surface area contributed by atoms with Crippen LogP contribution < -0.4 is 0 Å². The Morgan fingerprint density at radius 2 is 0.676 bits per heavy atom. The summed E-state index contributed by atoms with van der Waals surface area (Å²) in [5, 5.41) is 8.70. The largest absolute Gasteiger partial charge is 0.416 e. The van der Waals surface area contributed by atoms with E-state index in [0.717, 1.165) is 77.1 Å². The van der Waals surface area contributed by atoms with E-state index >= 15 is 0 Å². The molecule has 14 aromatic rings. The Hall–Kier alpha value is -8.88. The molecule has 322 valence electrons. The quantitative estimate of drug-likeness (QED) is 0.169. The highest BCUT2D eigenvalue weighted by atomic mass is 19.4. The van der Waals surface area contributed by atoms with E-state index in [1.807, 2.05) is 36.4 Å². The summed E-state index contributed by atoms with van der Waals surface area (Å²) < 4.78 is 53.8. The molecule has 68 heavy (non-hydrogen) atoms. The summed E-state index contributed by atoms with van der Waals surface area (Å²) >= 11 is 0. The SMILES string of the molecule is FC(F)(F)c1ccc(-n2c3ccccc3c3cc(-n4c5ccccc5c5ccccc54)ccc32)c(-c2ccncc2-n2c3ccccc3c3cc(-n4c5ccccc5c5ccccc54)ccc32)c1. The van der Waals surface area contributed by atoms with E-state index in [9.17, 15) is 13.2 Å². The summed E-state index contributed by atoms with van der Waals surface area (Å²) in [4.78, 5) is 4.65. The minimum absolute atomic E-state index is 0.430. The lowest BCUT2D eigenvalue weighted by Gasteiger charge is -2.20. The molecule has 0 fully saturated rings. The maximum Gasteiger partial charge on any atom is 0.416 e. The van der Waals surface area contributed by atoms with Crippen LogP contribution in [0.25, 0.3) is 121 Å². The maximum absolute atomic E-state index is 15.0. The van der Waals surface area contributed by atoms with Gasteiger partial charge in [-0.2, -0.15) is 13.2 Å². The molecule has 0 bridgehead atoms. The summed E-state index contributed by atoms with van der Waals surface area (Å²) in [5.41, 5.74) is 11.6. The van der Waals surface area contributed by atoms with E-state index in [4.69, 9.17) is 0 Å². The Morgan fingerprint density at radius 1 is 0.309 bits per heavy atom. The fraction of sp³-hybridized carbons (Fsp3) is 0.0167. The zero-order valence-electron chi connectivity index (χ0n) is 36.2. The van der Waals surface area contributed by atoms with Gasteiger partial charge in [0.05, 0.1) is 67.3 Å². The second kappa shape index (κ2) is 14.3. The third-order valence-electron chi connectivity index (χ3n) is 13.9. The molecule has 14 rings (SSSR count). The molecular formula is C60H36F3N5. The van der Waals surface area contributed by atoms with Crippen LogP contribution in [-0.4, -0.2) is 23.3 Å². The van der Waals surface area contributed by atoms with E-state index in [1.54, 1.807) is 18.5 Å². The molecule has 0 unspecified atom stereocenters. The average molecular weight is 884 g/mol. The van der Waals surface area contributed by atoms with Gasteiger partial charge in [-0.05, 0) is 97.1 Å². The van der Waals surface area contributed by atoms with Crippen molar-refractivity contribution in [2.24, 2.45) is 0 Å². The van der Waals surface area contributed by atoms with Gasteiger partial charge in [0, 0.05) is 71.8 Å². The highest BCUT2D eigenvalue weighted by molar-refractivity contribution is 6.14. The molecule has 0 aliphatic carbocycles. The van der Waals surface area contributed by atoms with Gasteiger partial charge in [-0.1, -0.05) is 109 Å². The standard InChI is InChI=1S/C60H36F3N5/c61-60(62,63)37-25-28-56(67-54-23-11-5-17-44(54)48-34-38(26-29-57(48)67)65-50-19-7-1-13-40(50)41-14-2-8-20-51(41)65)47(33-37)46-31-32-64-36-59(46)68-55-24-12-6-18-45(55)49-35-39(27-30-58(49)68)66-52-21-9-3-15-42(52)43-16-4-10-22-53(43)66/h1-36H. The molecule has 9 aromatic carbocycles. The van der Waals surface area contributed by atoms with E-state index in [0.29, 0.717) is 22.5 Å². The topological polar surface area (TPSA) is 32.6 Å². The Bertz CT molecular complexity index is 4280. The molecule has 5 aromatic heterocycles. The molecule has 0 saturated heterocycles. The van der Waals surface area contributed by atoms with Gasteiger partial charge in [0.2, 0.25) is 0 Å². The number of hydrogen-bond donors (Lipinski definition) is 0. The van der Waals surface area contributed by atoms with Gasteiger partial charge in [0.25, 0.3) is 0 Å². The molecule has 5 nitrogen and oxygen atoms in total. The highest BCUT2D eigenvalue weighted by Gasteiger charge is 2.32. The summed E-state index contributed by atoms with van der Waals surface area (Å²) in [5.74, 6) is 0. The number of rotatable bonds is 5. The third-order valence-corrected chi connectivity index (χ3v) is 13.9. The van der Waals surface area contributed by atoms with Gasteiger partial charge in [0.1, 0.15) is 0 Å². The number of benzene rings is 9. The lowest BCUT2D eigenvalue weighted by Crippen LogP contribution is -2.08. The van der Waals surface area contributed by atoms with E-state index in [-0.39, 0.29) is 0 Å². The monoisotopic (exact) mass is 883 g/mol. The number of pyridine rings is 1. The number of fused-ring (bicyclic) bond motifs is 12. The van der Waals surface area contributed by atoms with Crippen molar-refractivity contribution in [3.63, 3.8) is 0 Å². The van der Waals surface area contributed by atoms with Crippen LogP contribution in [0.3, 0.4) is 0 Å². The number of para-hydroxylation sites is 6. The second-order valence-electron chi connectivity index (χ2n) is 17.5. The average Bonchev–Trinajstić information content (AvgIpc) is 4.11. The highest BCUT2D eigenvalue weighted by Crippen LogP contribution is 2.44. The van der Waals surface area contributed by atoms with Crippen LogP contribution in [0.15, 0.2) is 219 Å². The zero-order valence-corrected chi connectivity index (χ0v) is 36.2. The molecule has 0 atom stereocenters. The van der Waals surface area contributed by atoms with Crippen LogP contribution in [0.1, 0.15) is 5.56 Å². The fourth-order valence-corrected chi connectivity index (χ4v) is 11.0. The lowest BCUT2D eigenvalue weighted by molar-refractivity contribution is -0.137. The van der Waals surface area contributed by atoms with Gasteiger partial charge in [-0.15, -0.1) is 0 Å². The first-order valence-corrected chi connectivity index (χ1v) is 22.6. The number of alkyl halides is 3. The van der Waals surface area contributed by atoms with Crippen molar-refractivity contribution in [2.75, 3.05) is 0 Å². The number of halogens is 3. The molecule has 5 heterocycles. The van der Waals surface area contributed by atoms with Crippen LogP contribution in [-0.2, 0) is 6.18 Å². The maximum atomic E-state index is 15.0. The molecule has 0 amide bonds. The van der Waals surface area contributed by atoms with Crippen LogP contribution in [0.4, 0.5) is 13.2 Å². The summed E-state index contributed by atoms with van der Waals surface area (Å²) in [6.45, 7) is 0. The number of aromatic nitrogens is 5. The molecule has 0 radical (unpaired) electrons. The van der Waals surface area contributed by atoms with Gasteiger partial charge in [-0.3, -0.25) is 4.98 Å².